The molecule has 3 unspecified atom stereocenters. The van der Waals surface area contributed by atoms with Crippen molar-refractivity contribution in [2.75, 3.05) is 20.0 Å². The SMILES string of the molecule is OC1Cc2cccc(OCC3COCO3)c2CC1O. The summed E-state index contributed by atoms with van der Waals surface area (Å²) in [6, 6.07) is 5.76. The van der Waals surface area contributed by atoms with Crippen LogP contribution in [0.4, 0.5) is 0 Å². The van der Waals surface area contributed by atoms with E-state index in [0.717, 1.165) is 16.9 Å². The lowest BCUT2D eigenvalue weighted by atomic mass is 9.87. The Bertz CT molecular complexity index is 441. The molecule has 0 spiro atoms. The molecule has 104 valence electrons. The highest BCUT2D eigenvalue weighted by Gasteiger charge is 2.27. The predicted molar refractivity (Wildman–Crippen MR) is 67.1 cm³/mol. The normalized spacial score (nSPS) is 30.1. The fraction of sp³-hybridized carbons (Fsp3) is 0.571. The number of hydrogen-bond donors (Lipinski definition) is 2. The summed E-state index contributed by atoms with van der Waals surface area (Å²) in [4.78, 5) is 0. The summed E-state index contributed by atoms with van der Waals surface area (Å²) < 4.78 is 16.2. The largest absolute Gasteiger partial charge is 0.490 e. The Hall–Kier alpha value is -1.14. The molecule has 0 aromatic heterocycles. The first kappa shape index (κ1) is 12.9. The van der Waals surface area contributed by atoms with Crippen LogP contribution in [0.25, 0.3) is 0 Å². The van der Waals surface area contributed by atoms with Crippen LogP contribution in [-0.4, -0.2) is 48.5 Å². The molecule has 2 aliphatic rings. The highest BCUT2D eigenvalue weighted by Crippen LogP contribution is 2.30. The first-order valence-corrected chi connectivity index (χ1v) is 6.53. The third-order valence-electron chi connectivity index (χ3n) is 3.63. The van der Waals surface area contributed by atoms with Gasteiger partial charge in [0.1, 0.15) is 25.3 Å². The number of rotatable bonds is 3. The van der Waals surface area contributed by atoms with Gasteiger partial charge >= 0.3 is 0 Å². The van der Waals surface area contributed by atoms with Crippen LogP contribution >= 0.6 is 0 Å². The van der Waals surface area contributed by atoms with Gasteiger partial charge in [-0.2, -0.15) is 0 Å². The lowest BCUT2D eigenvalue weighted by Gasteiger charge is -2.27. The zero-order valence-electron chi connectivity index (χ0n) is 10.6. The van der Waals surface area contributed by atoms with Crippen molar-refractivity contribution in [3.8, 4) is 5.75 Å². The number of benzene rings is 1. The van der Waals surface area contributed by atoms with Gasteiger partial charge in [0.05, 0.1) is 18.8 Å². The Morgan fingerprint density at radius 3 is 2.84 bits per heavy atom. The molecule has 0 bridgehead atoms. The molecular weight excluding hydrogens is 248 g/mol. The highest BCUT2D eigenvalue weighted by molar-refractivity contribution is 5.43. The van der Waals surface area contributed by atoms with Gasteiger partial charge in [0.2, 0.25) is 0 Å². The maximum atomic E-state index is 9.78. The summed E-state index contributed by atoms with van der Waals surface area (Å²) in [5.74, 6) is 0.763. The average molecular weight is 266 g/mol. The Labute approximate surface area is 111 Å². The van der Waals surface area contributed by atoms with Gasteiger partial charge in [0.25, 0.3) is 0 Å². The molecule has 1 aliphatic heterocycles. The summed E-state index contributed by atoms with van der Waals surface area (Å²) in [7, 11) is 0. The molecule has 1 fully saturated rings. The number of hydrogen-bond acceptors (Lipinski definition) is 5. The molecule has 3 atom stereocenters. The van der Waals surface area contributed by atoms with Gasteiger partial charge in [-0.3, -0.25) is 0 Å². The maximum absolute atomic E-state index is 9.78. The van der Waals surface area contributed by atoms with Crippen molar-refractivity contribution in [1.82, 2.24) is 0 Å². The molecular formula is C14H18O5. The van der Waals surface area contributed by atoms with Crippen LogP contribution in [0.3, 0.4) is 0 Å². The molecule has 0 radical (unpaired) electrons. The summed E-state index contributed by atoms with van der Waals surface area (Å²) in [6.45, 7) is 1.32. The van der Waals surface area contributed by atoms with E-state index in [4.69, 9.17) is 14.2 Å². The zero-order chi connectivity index (χ0) is 13.2. The molecule has 5 nitrogen and oxygen atoms in total. The minimum absolute atomic E-state index is 0.0324. The minimum atomic E-state index is -0.719. The molecule has 1 aromatic rings. The number of fused-ring (bicyclic) bond motifs is 1. The van der Waals surface area contributed by atoms with Crippen molar-refractivity contribution in [3.63, 3.8) is 0 Å². The lowest BCUT2D eigenvalue weighted by Crippen LogP contribution is -2.35. The topological polar surface area (TPSA) is 68.2 Å². The van der Waals surface area contributed by atoms with Crippen LogP contribution in [0.15, 0.2) is 18.2 Å². The number of aliphatic hydroxyl groups is 2. The first-order valence-electron chi connectivity index (χ1n) is 6.53. The van der Waals surface area contributed by atoms with E-state index in [1.165, 1.54) is 0 Å². The summed E-state index contributed by atoms with van der Waals surface area (Å²) in [5, 5.41) is 19.5. The monoisotopic (exact) mass is 266 g/mol. The molecule has 3 rings (SSSR count). The van der Waals surface area contributed by atoms with E-state index >= 15 is 0 Å². The predicted octanol–water partition coefficient (Wildman–Crippen LogP) is 0.259. The van der Waals surface area contributed by atoms with Crippen molar-refractivity contribution in [2.24, 2.45) is 0 Å². The van der Waals surface area contributed by atoms with E-state index in [9.17, 15) is 10.2 Å². The first-order chi connectivity index (χ1) is 9.24. The van der Waals surface area contributed by atoms with Gasteiger partial charge in [0, 0.05) is 18.4 Å². The molecule has 2 N–H and O–H groups in total. The van der Waals surface area contributed by atoms with Gasteiger partial charge in [-0.25, -0.2) is 0 Å². The van der Waals surface area contributed by atoms with Crippen molar-refractivity contribution in [1.29, 1.82) is 0 Å². The highest BCUT2D eigenvalue weighted by atomic mass is 16.7. The quantitative estimate of drug-likeness (QED) is 0.821. The molecule has 19 heavy (non-hydrogen) atoms. The van der Waals surface area contributed by atoms with E-state index in [1.54, 1.807) is 0 Å². The summed E-state index contributed by atoms with van der Waals surface area (Å²) >= 11 is 0. The fourth-order valence-electron chi connectivity index (χ4n) is 2.53. The molecule has 0 saturated carbocycles. The Morgan fingerprint density at radius 2 is 2.05 bits per heavy atom. The Kier molecular flexibility index (Phi) is 3.70. The molecule has 1 aliphatic carbocycles. The Balaban J connectivity index is 1.73. The van der Waals surface area contributed by atoms with Crippen molar-refractivity contribution in [2.45, 2.75) is 31.2 Å². The molecule has 1 saturated heterocycles. The van der Waals surface area contributed by atoms with Gasteiger partial charge < -0.3 is 24.4 Å². The van der Waals surface area contributed by atoms with E-state index in [0.29, 0.717) is 32.8 Å². The van der Waals surface area contributed by atoms with Gasteiger partial charge in [-0.05, 0) is 11.6 Å². The van der Waals surface area contributed by atoms with Crippen LogP contribution in [0, 0.1) is 0 Å². The fourth-order valence-corrected chi connectivity index (χ4v) is 2.53. The van der Waals surface area contributed by atoms with E-state index in [-0.39, 0.29) is 6.10 Å². The number of ether oxygens (including phenoxy) is 3. The lowest BCUT2D eigenvalue weighted by molar-refractivity contribution is 0.0126. The Morgan fingerprint density at radius 1 is 1.21 bits per heavy atom. The van der Waals surface area contributed by atoms with Crippen LogP contribution in [0.5, 0.6) is 5.75 Å². The minimum Gasteiger partial charge on any atom is -0.490 e. The zero-order valence-corrected chi connectivity index (χ0v) is 10.6. The van der Waals surface area contributed by atoms with Crippen LogP contribution in [0.1, 0.15) is 11.1 Å². The summed E-state index contributed by atoms with van der Waals surface area (Å²) in [5.41, 5.74) is 2.03. The van der Waals surface area contributed by atoms with Gasteiger partial charge in [-0.15, -0.1) is 0 Å². The maximum Gasteiger partial charge on any atom is 0.147 e. The van der Waals surface area contributed by atoms with E-state index in [2.05, 4.69) is 0 Å². The standard InChI is InChI=1S/C14H18O5/c15-12-4-9-2-1-3-14(11(9)5-13(12)16)18-7-10-6-17-8-19-10/h1-3,10,12-13,15-16H,4-8H2. The average Bonchev–Trinajstić information content (AvgIpc) is 2.91. The third kappa shape index (κ3) is 2.74. The summed E-state index contributed by atoms with van der Waals surface area (Å²) in [6.07, 6.45) is -0.543. The second kappa shape index (κ2) is 5.46. The van der Waals surface area contributed by atoms with Crippen LogP contribution < -0.4 is 4.74 Å². The molecule has 5 heteroatoms. The smallest absolute Gasteiger partial charge is 0.147 e. The third-order valence-corrected chi connectivity index (χ3v) is 3.63. The second-order valence-electron chi connectivity index (χ2n) is 5.03. The van der Waals surface area contributed by atoms with Crippen molar-refractivity contribution < 1.29 is 24.4 Å². The number of aliphatic hydroxyl groups excluding tert-OH is 2. The van der Waals surface area contributed by atoms with Crippen molar-refractivity contribution >= 4 is 0 Å². The van der Waals surface area contributed by atoms with E-state index in [1.807, 2.05) is 18.2 Å². The van der Waals surface area contributed by atoms with E-state index < -0.39 is 12.2 Å². The van der Waals surface area contributed by atoms with Crippen molar-refractivity contribution in [3.05, 3.63) is 29.3 Å². The molecule has 1 heterocycles. The molecule has 1 aromatic carbocycles. The van der Waals surface area contributed by atoms with Gasteiger partial charge in [-0.1, -0.05) is 12.1 Å². The molecule has 0 amide bonds. The second-order valence-corrected chi connectivity index (χ2v) is 5.03. The van der Waals surface area contributed by atoms with Crippen LogP contribution in [-0.2, 0) is 22.3 Å². The van der Waals surface area contributed by atoms with Gasteiger partial charge in [0.15, 0.2) is 0 Å². The van der Waals surface area contributed by atoms with Crippen LogP contribution in [0.2, 0.25) is 0 Å².